The molecule has 0 aliphatic carbocycles. The predicted molar refractivity (Wildman–Crippen MR) is 160 cm³/mol. The Morgan fingerprint density at radius 3 is 2.42 bits per heavy atom. The van der Waals surface area contributed by atoms with Crippen LogP contribution >= 0.6 is 0 Å². The third-order valence-electron chi connectivity index (χ3n) is 7.91. The van der Waals surface area contributed by atoms with E-state index in [1.165, 1.54) is 0 Å². The maximum atomic E-state index is 6.55. The van der Waals surface area contributed by atoms with Gasteiger partial charge in [-0.1, -0.05) is 51.1 Å². The van der Waals surface area contributed by atoms with Crippen LogP contribution in [-0.4, -0.2) is 16.0 Å². The van der Waals surface area contributed by atoms with Crippen molar-refractivity contribution in [3.05, 3.63) is 65.6 Å². The molecule has 0 saturated carbocycles. The second kappa shape index (κ2) is 8.98. The molecule has 0 radical (unpaired) electrons. The molecular formula is C32H35N5O. The van der Waals surface area contributed by atoms with Crippen molar-refractivity contribution in [2.75, 3.05) is 16.8 Å². The first-order valence-corrected chi connectivity index (χ1v) is 13.4. The number of imidazole rings is 1. The molecule has 0 saturated heterocycles. The Bertz CT molecular complexity index is 1720. The summed E-state index contributed by atoms with van der Waals surface area (Å²) in [5.41, 5.74) is 21.6. The molecule has 1 unspecified atom stereocenters. The molecule has 0 amide bonds. The van der Waals surface area contributed by atoms with Gasteiger partial charge in [-0.05, 0) is 60.5 Å². The van der Waals surface area contributed by atoms with Crippen LogP contribution in [0, 0.1) is 6.92 Å². The quantitative estimate of drug-likeness (QED) is 0.183. The predicted octanol–water partition coefficient (Wildman–Crippen LogP) is 7.75. The summed E-state index contributed by atoms with van der Waals surface area (Å²) in [6.07, 6.45) is 1.02. The third kappa shape index (κ3) is 3.74. The van der Waals surface area contributed by atoms with E-state index in [1.807, 2.05) is 6.92 Å². The normalized spacial score (nSPS) is 13.4. The van der Waals surface area contributed by atoms with E-state index in [-0.39, 0.29) is 0 Å². The van der Waals surface area contributed by atoms with Crippen LogP contribution in [-0.2, 0) is 6.61 Å². The number of nitrogens with zero attached hydrogens (tertiary/aromatic N) is 1. The Morgan fingerprint density at radius 2 is 1.68 bits per heavy atom. The van der Waals surface area contributed by atoms with Crippen molar-refractivity contribution in [3.8, 4) is 28.1 Å². The number of hydrogen-bond donors (Lipinski definition) is 4. The molecule has 1 atom stereocenters. The summed E-state index contributed by atoms with van der Waals surface area (Å²) in [6.45, 7) is 11.2. The molecule has 6 rings (SSSR count). The summed E-state index contributed by atoms with van der Waals surface area (Å²) >= 11 is 0. The van der Waals surface area contributed by atoms with Gasteiger partial charge in [-0.3, -0.25) is 0 Å². The fraction of sp³-hybridized carbons (Fsp3) is 0.281. The Kier molecular flexibility index (Phi) is 5.71. The minimum atomic E-state index is 0.336. The Morgan fingerprint density at radius 1 is 0.947 bits per heavy atom. The number of benzene rings is 4. The van der Waals surface area contributed by atoms with Gasteiger partial charge in [-0.15, -0.1) is 0 Å². The fourth-order valence-electron chi connectivity index (χ4n) is 5.38. The molecule has 1 aliphatic heterocycles. The van der Waals surface area contributed by atoms with Crippen molar-refractivity contribution in [3.63, 3.8) is 0 Å². The lowest BCUT2D eigenvalue weighted by Gasteiger charge is -2.21. The maximum Gasteiger partial charge on any atom is 0.137 e. The van der Waals surface area contributed by atoms with Gasteiger partial charge in [0.2, 0.25) is 0 Å². The first-order chi connectivity index (χ1) is 18.3. The fourth-order valence-corrected chi connectivity index (χ4v) is 5.38. The maximum absolute atomic E-state index is 6.55. The standard InChI is InChI=1S/C32H35N5O/c1-6-17(4)35-29-18(5)27(33)28(34)25-14-20(8-11-23(25)29)19-7-10-22-21(13-19)9-12-24-30-26(15-38-31(22)24)36-32(37-30)16(2)3/h7-14,16-17,35H,6,15,33-34H2,1-5H3,(H,36,37). The molecule has 5 aromatic rings. The number of nitrogen functional groups attached to an aromatic ring is 2. The monoisotopic (exact) mass is 505 g/mol. The summed E-state index contributed by atoms with van der Waals surface area (Å²) < 4.78 is 6.24. The Hall–Kier alpha value is -4.19. The summed E-state index contributed by atoms with van der Waals surface area (Å²) in [4.78, 5) is 8.32. The number of rotatable bonds is 5. The van der Waals surface area contributed by atoms with Gasteiger partial charge in [0.25, 0.3) is 0 Å². The number of anilines is 3. The van der Waals surface area contributed by atoms with Gasteiger partial charge in [-0.25, -0.2) is 4.98 Å². The molecule has 2 heterocycles. The Balaban J connectivity index is 1.44. The van der Waals surface area contributed by atoms with E-state index in [1.54, 1.807) is 0 Å². The van der Waals surface area contributed by atoms with Gasteiger partial charge in [0.05, 0.1) is 22.8 Å². The van der Waals surface area contributed by atoms with Crippen molar-refractivity contribution < 1.29 is 4.74 Å². The molecule has 6 N–H and O–H groups in total. The lowest BCUT2D eigenvalue weighted by molar-refractivity contribution is 0.301. The van der Waals surface area contributed by atoms with E-state index in [2.05, 4.69) is 86.5 Å². The minimum absolute atomic E-state index is 0.336. The van der Waals surface area contributed by atoms with E-state index in [4.69, 9.17) is 21.2 Å². The first-order valence-electron chi connectivity index (χ1n) is 13.4. The summed E-state index contributed by atoms with van der Waals surface area (Å²) in [6, 6.07) is 17.6. The Labute approximate surface area is 223 Å². The number of aromatic amines is 1. The van der Waals surface area contributed by atoms with Crippen LogP contribution < -0.4 is 21.5 Å². The van der Waals surface area contributed by atoms with Gasteiger partial charge in [0.15, 0.2) is 0 Å². The van der Waals surface area contributed by atoms with Crippen LogP contribution in [0.15, 0.2) is 48.5 Å². The highest BCUT2D eigenvalue weighted by Gasteiger charge is 2.24. The number of ether oxygens (including phenoxy) is 1. The average Bonchev–Trinajstić information content (AvgIpc) is 3.38. The smallest absolute Gasteiger partial charge is 0.137 e. The van der Waals surface area contributed by atoms with Crippen molar-refractivity contribution >= 4 is 38.6 Å². The molecule has 6 nitrogen and oxygen atoms in total. The molecule has 0 fully saturated rings. The summed E-state index contributed by atoms with van der Waals surface area (Å²) in [5.74, 6) is 2.23. The second-order valence-electron chi connectivity index (χ2n) is 10.8. The third-order valence-corrected chi connectivity index (χ3v) is 7.91. The van der Waals surface area contributed by atoms with Crippen molar-refractivity contribution in [1.82, 2.24) is 9.97 Å². The zero-order valence-electron chi connectivity index (χ0n) is 22.7. The second-order valence-corrected chi connectivity index (χ2v) is 10.8. The molecular weight excluding hydrogens is 470 g/mol. The number of nitrogens with one attached hydrogen (secondary N) is 2. The first kappa shape index (κ1) is 24.2. The lowest BCUT2D eigenvalue weighted by Crippen LogP contribution is -2.15. The van der Waals surface area contributed by atoms with E-state index in [9.17, 15) is 0 Å². The van der Waals surface area contributed by atoms with Crippen molar-refractivity contribution in [2.24, 2.45) is 0 Å². The van der Waals surface area contributed by atoms with Gasteiger partial charge in [-0.2, -0.15) is 0 Å². The highest BCUT2D eigenvalue weighted by atomic mass is 16.5. The zero-order valence-corrected chi connectivity index (χ0v) is 22.7. The number of hydrogen-bond acceptors (Lipinski definition) is 5. The largest absolute Gasteiger partial charge is 0.486 e. The molecule has 38 heavy (non-hydrogen) atoms. The highest BCUT2D eigenvalue weighted by Crippen LogP contribution is 2.44. The number of fused-ring (bicyclic) bond motifs is 6. The number of H-pyrrole nitrogens is 1. The van der Waals surface area contributed by atoms with Gasteiger partial charge in [0, 0.05) is 39.4 Å². The molecule has 6 heteroatoms. The van der Waals surface area contributed by atoms with Crippen molar-refractivity contribution in [1.29, 1.82) is 0 Å². The van der Waals surface area contributed by atoms with Crippen LogP contribution in [0.5, 0.6) is 5.75 Å². The molecule has 1 aliphatic rings. The van der Waals surface area contributed by atoms with Crippen LogP contribution in [0.2, 0.25) is 0 Å². The van der Waals surface area contributed by atoms with Gasteiger partial charge >= 0.3 is 0 Å². The van der Waals surface area contributed by atoms with E-state index >= 15 is 0 Å². The number of aromatic nitrogens is 2. The number of nitrogens with two attached hydrogens (primary N) is 2. The van der Waals surface area contributed by atoms with Crippen LogP contribution in [0.25, 0.3) is 43.9 Å². The molecule has 194 valence electrons. The van der Waals surface area contributed by atoms with Crippen LogP contribution in [0.4, 0.5) is 17.1 Å². The van der Waals surface area contributed by atoms with E-state index < -0.39 is 0 Å². The zero-order chi connectivity index (χ0) is 26.7. The van der Waals surface area contributed by atoms with E-state index in [0.29, 0.717) is 29.9 Å². The summed E-state index contributed by atoms with van der Waals surface area (Å²) in [5, 5.41) is 7.92. The van der Waals surface area contributed by atoms with Crippen LogP contribution in [0.3, 0.4) is 0 Å². The van der Waals surface area contributed by atoms with Crippen LogP contribution in [0.1, 0.15) is 57.1 Å². The van der Waals surface area contributed by atoms with Gasteiger partial charge in [0.1, 0.15) is 18.2 Å². The topological polar surface area (TPSA) is 102 Å². The highest BCUT2D eigenvalue weighted by molar-refractivity contribution is 6.09. The average molecular weight is 506 g/mol. The molecule has 0 spiro atoms. The minimum Gasteiger partial charge on any atom is -0.486 e. The molecule has 1 aromatic heterocycles. The summed E-state index contributed by atoms with van der Waals surface area (Å²) in [7, 11) is 0. The van der Waals surface area contributed by atoms with Crippen molar-refractivity contribution in [2.45, 2.75) is 59.6 Å². The van der Waals surface area contributed by atoms with Gasteiger partial charge < -0.3 is 26.5 Å². The molecule has 4 aromatic carbocycles. The SMILES string of the molecule is CCC(C)Nc1c(C)c(N)c(N)c2cc(-c3ccc4c5c(ccc4c3)-c3nc(C(C)C)[nH]c3CO5)ccc12. The van der Waals surface area contributed by atoms with E-state index in [0.717, 1.165) is 78.9 Å². The molecule has 0 bridgehead atoms. The lowest BCUT2D eigenvalue weighted by atomic mass is 9.94.